The van der Waals surface area contributed by atoms with Crippen LogP contribution in [-0.2, 0) is 9.53 Å². The Kier molecular flexibility index (Phi) is 5.74. The first-order chi connectivity index (χ1) is 16.5. The van der Waals surface area contributed by atoms with Gasteiger partial charge in [-0.3, -0.25) is 0 Å². The Hall–Kier alpha value is -4.16. The molecule has 0 fully saturated rings. The molecular weight excluding hydrogens is 430 g/mol. The Balaban J connectivity index is 1.36. The summed E-state index contributed by atoms with van der Waals surface area (Å²) in [6.45, 7) is 0.0907. The number of carboxylic acids is 1. The highest BCUT2D eigenvalue weighted by molar-refractivity contribution is 5.84. The van der Waals surface area contributed by atoms with Crippen molar-refractivity contribution in [2.24, 2.45) is 0 Å². The number of aliphatic carboxylic acids is 1. The highest BCUT2D eigenvalue weighted by atomic mass is 16.5. The zero-order chi connectivity index (χ0) is 23.7. The molecule has 0 saturated carbocycles. The Labute approximate surface area is 196 Å². The molecule has 3 N–H and O–H groups in total. The number of rotatable bonds is 6. The Morgan fingerprint density at radius 1 is 0.824 bits per heavy atom. The van der Waals surface area contributed by atoms with E-state index in [4.69, 9.17) is 4.74 Å². The van der Waals surface area contributed by atoms with Crippen molar-refractivity contribution in [3.05, 3.63) is 108 Å². The van der Waals surface area contributed by atoms with Gasteiger partial charge in [0.05, 0.1) is 6.04 Å². The highest BCUT2D eigenvalue weighted by Crippen LogP contribution is 2.44. The first kappa shape index (κ1) is 21.7. The lowest BCUT2D eigenvalue weighted by molar-refractivity contribution is -0.148. The largest absolute Gasteiger partial charge is 0.479 e. The molecule has 0 heterocycles. The van der Waals surface area contributed by atoms with Crippen LogP contribution in [0.4, 0.5) is 4.79 Å². The lowest BCUT2D eigenvalue weighted by atomic mass is 9.98. The summed E-state index contributed by atoms with van der Waals surface area (Å²) in [5.41, 5.74) is 4.85. The van der Waals surface area contributed by atoms with E-state index in [0.717, 1.165) is 33.0 Å². The predicted octanol–water partition coefficient (Wildman–Crippen LogP) is 4.87. The number of benzene rings is 4. The maximum Gasteiger partial charge on any atom is 0.407 e. The molecule has 170 valence electrons. The van der Waals surface area contributed by atoms with Crippen LogP contribution in [0.2, 0.25) is 0 Å². The van der Waals surface area contributed by atoms with Gasteiger partial charge in [0.15, 0.2) is 6.10 Å². The number of amides is 1. The average molecular weight is 453 g/mol. The monoisotopic (exact) mass is 453 g/mol. The number of hydrogen-bond donors (Lipinski definition) is 3. The highest BCUT2D eigenvalue weighted by Gasteiger charge is 2.32. The van der Waals surface area contributed by atoms with Crippen LogP contribution in [0.25, 0.3) is 21.9 Å². The zero-order valence-corrected chi connectivity index (χ0v) is 18.2. The van der Waals surface area contributed by atoms with E-state index < -0.39 is 24.2 Å². The van der Waals surface area contributed by atoms with Crippen LogP contribution < -0.4 is 5.32 Å². The van der Waals surface area contributed by atoms with Crippen LogP contribution >= 0.6 is 0 Å². The van der Waals surface area contributed by atoms with Crippen molar-refractivity contribution in [2.75, 3.05) is 6.61 Å². The van der Waals surface area contributed by atoms with Gasteiger partial charge in [0.25, 0.3) is 0 Å². The van der Waals surface area contributed by atoms with Crippen molar-refractivity contribution in [3.8, 4) is 11.1 Å². The molecule has 0 saturated heterocycles. The van der Waals surface area contributed by atoms with E-state index in [9.17, 15) is 19.8 Å². The first-order valence-corrected chi connectivity index (χ1v) is 11.0. The van der Waals surface area contributed by atoms with Gasteiger partial charge in [0, 0.05) is 5.92 Å². The minimum Gasteiger partial charge on any atom is -0.479 e. The summed E-state index contributed by atoms with van der Waals surface area (Å²) < 4.78 is 5.55. The zero-order valence-electron chi connectivity index (χ0n) is 18.2. The van der Waals surface area contributed by atoms with E-state index in [1.807, 2.05) is 78.9 Å². The van der Waals surface area contributed by atoms with Crippen molar-refractivity contribution in [2.45, 2.75) is 18.1 Å². The van der Waals surface area contributed by atoms with Gasteiger partial charge in [0.2, 0.25) is 0 Å². The van der Waals surface area contributed by atoms with Gasteiger partial charge >= 0.3 is 12.1 Å². The third-order valence-corrected chi connectivity index (χ3v) is 6.32. The molecule has 0 spiro atoms. The van der Waals surface area contributed by atoms with Gasteiger partial charge in [-0.25, -0.2) is 9.59 Å². The molecule has 0 aromatic heterocycles. The molecule has 0 bridgehead atoms. The molecule has 4 aromatic rings. The average Bonchev–Trinajstić information content (AvgIpc) is 3.19. The number of aliphatic hydroxyl groups is 1. The fraction of sp³-hybridized carbons (Fsp3) is 0.143. The standard InChI is InChI=1S/C28H23NO5/c30-26(27(31)32)25(19-14-13-17-7-1-2-8-18(17)15-19)29-28(33)34-16-24-22-11-5-3-9-20(22)21-10-4-6-12-23(21)24/h1-15,24-26,30H,16H2,(H,29,33)(H,31,32)/t25-,26-/m1/s1. The smallest absolute Gasteiger partial charge is 0.407 e. The van der Waals surface area contributed by atoms with Gasteiger partial charge in [0.1, 0.15) is 6.61 Å². The minimum atomic E-state index is -1.83. The Morgan fingerprint density at radius 2 is 1.41 bits per heavy atom. The maximum atomic E-state index is 12.8. The first-order valence-electron chi connectivity index (χ1n) is 11.0. The summed E-state index contributed by atoms with van der Waals surface area (Å²) in [5.74, 6) is -1.56. The summed E-state index contributed by atoms with van der Waals surface area (Å²) in [4.78, 5) is 24.3. The summed E-state index contributed by atoms with van der Waals surface area (Å²) in [5, 5.41) is 24.1. The number of carbonyl (C=O) groups is 2. The summed E-state index contributed by atoms with van der Waals surface area (Å²) >= 11 is 0. The van der Waals surface area contributed by atoms with Crippen molar-refractivity contribution in [1.29, 1.82) is 0 Å². The second-order valence-corrected chi connectivity index (χ2v) is 8.34. The summed E-state index contributed by atoms with van der Waals surface area (Å²) in [6.07, 6.45) is -2.62. The molecule has 0 radical (unpaired) electrons. The Bertz CT molecular complexity index is 1340. The van der Waals surface area contributed by atoms with Crippen molar-refractivity contribution in [3.63, 3.8) is 0 Å². The molecule has 34 heavy (non-hydrogen) atoms. The molecule has 6 heteroatoms. The third-order valence-electron chi connectivity index (χ3n) is 6.32. The lowest BCUT2D eigenvalue weighted by Crippen LogP contribution is -2.40. The molecule has 1 aliphatic carbocycles. The van der Waals surface area contributed by atoms with Gasteiger partial charge < -0.3 is 20.3 Å². The van der Waals surface area contributed by atoms with E-state index in [2.05, 4.69) is 5.32 Å². The number of ether oxygens (including phenoxy) is 1. The molecule has 5 rings (SSSR count). The third kappa shape index (κ3) is 4.00. The fourth-order valence-electron chi connectivity index (χ4n) is 4.66. The molecule has 2 atom stereocenters. The van der Waals surface area contributed by atoms with Crippen molar-refractivity contribution >= 4 is 22.8 Å². The second-order valence-electron chi connectivity index (χ2n) is 8.34. The van der Waals surface area contributed by atoms with Crippen LogP contribution in [0.3, 0.4) is 0 Å². The number of fused-ring (bicyclic) bond motifs is 4. The molecule has 0 aliphatic heterocycles. The van der Waals surface area contributed by atoms with E-state index in [1.54, 1.807) is 12.1 Å². The lowest BCUT2D eigenvalue weighted by Gasteiger charge is -2.23. The normalized spacial score (nSPS) is 14.1. The van der Waals surface area contributed by atoms with Crippen LogP contribution in [0.5, 0.6) is 0 Å². The topological polar surface area (TPSA) is 95.9 Å². The van der Waals surface area contributed by atoms with Crippen LogP contribution in [0.15, 0.2) is 91.0 Å². The van der Waals surface area contributed by atoms with Crippen molar-refractivity contribution in [1.82, 2.24) is 5.32 Å². The molecule has 1 amide bonds. The van der Waals surface area contributed by atoms with E-state index in [-0.39, 0.29) is 12.5 Å². The van der Waals surface area contributed by atoms with Gasteiger partial charge in [-0.1, -0.05) is 84.9 Å². The molecule has 4 aromatic carbocycles. The predicted molar refractivity (Wildman–Crippen MR) is 129 cm³/mol. The number of alkyl carbamates (subject to hydrolysis) is 1. The van der Waals surface area contributed by atoms with E-state index >= 15 is 0 Å². The fourth-order valence-corrected chi connectivity index (χ4v) is 4.66. The molecular formula is C28H23NO5. The van der Waals surface area contributed by atoms with Crippen LogP contribution in [0, 0.1) is 0 Å². The number of carboxylic acid groups (broad SMARTS) is 1. The molecule has 0 unspecified atom stereocenters. The molecule has 1 aliphatic rings. The van der Waals surface area contributed by atoms with Crippen LogP contribution in [0.1, 0.15) is 28.7 Å². The number of nitrogens with one attached hydrogen (secondary N) is 1. The van der Waals surface area contributed by atoms with E-state index in [0.29, 0.717) is 5.56 Å². The van der Waals surface area contributed by atoms with E-state index in [1.165, 1.54) is 0 Å². The van der Waals surface area contributed by atoms with Crippen molar-refractivity contribution < 1.29 is 24.5 Å². The Morgan fingerprint density at radius 3 is 2.06 bits per heavy atom. The summed E-state index contributed by atoms with van der Waals surface area (Å²) in [6, 6.07) is 27.7. The number of hydrogen-bond acceptors (Lipinski definition) is 4. The quantitative estimate of drug-likeness (QED) is 0.387. The summed E-state index contributed by atoms with van der Waals surface area (Å²) in [7, 11) is 0. The van der Waals surface area contributed by atoms with Crippen LogP contribution in [-0.4, -0.2) is 35.0 Å². The SMILES string of the molecule is O=C(N[C@H](c1ccc2ccccc2c1)[C@@H](O)C(=O)O)OCC1c2ccccc2-c2ccccc21. The molecule has 6 nitrogen and oxygen atoms in total. The van der Waals surface area contributed by atoms with Gasteiger partial charge in [-0.05, 0) is 44.7 Å². The second kappa shape index (κ2) is 9.00. The van der Waals surface area contributed by atoms with Gasteiger partial charge in [-0.15, -0.1) is 0 Å². The minimum absolute atomic E-state index is 0.0907. The van der Waals surface area contributed by atoms with Gasteiger partial charge in [-0.2, -0.15) is 0 Å². The maximum absolute atomic E-state index is 12.8. The number of carbonyl (C=O) groups excluding carboxylic acids is 1. The number of aliphatic hydroxyl groups excluding tert-OH is 1.